The standard InChI is InChI=1S/C10H14BrN5/c1-7(4-11)15(2)9-8-5-14-16(3)10(8)13-6-12-9/h5-7H,4H2,1-3H3. The Bertz CT molecular complexity index is 495. The number of anilines is 1. The van der Waals surface area contributed by atoms with E-state index in [-0.39, 0.29) is 0 Å². The summed E-state index contributed by atoms with van der Waals surface area (Å²) < 4.78 is 1.76. The van der Waals surface area contributed by atoms with Crippen LogP contribution in [0.3, 0.4) is 0 Å². The summed E-state index contributed by atoms with van der Waals surface area (Å²) in [6, 6.07) is 0.373. The number of rotatable bonds is 3. The van der Waals surface area contributed by atoms with Crippen molar-refractivity contribution in [2.24, 2.45) is 7.05 Å². The maximum absolute atomic E-state index is 4.33. The maximum atomic E-state index is 4.33. The fourth-order valence-electron chi connectivity index (χ4n) is 1.54. The molecule has 5 nitrogen and oxygen atoms in total. The minimum Gasteiger partial charge on any atom is -0.355 e. The van der Waals surface area contributed by atoms with Crippen LogP contribution in [0.1, 0.15) is 6.92 Å². The van der Waals surface area contributed by atoms with E-state index in [1.165, 1.54) is 0 Å². The molecule has 0 amide bonds. The van der Waals surface area contributed by atoms with Crippen molar-refractivity contribution in [1.82, 2.24) is 19.7 Å². The second-order valence-electron chi connectivity index (χ2n) is 3.82. The maximum Gasteiger partial charge on any atom is 0.163 e. The van der Waals surface area contributed by atoms with Gasteiger partial charge in [-0.3, -0.25) is 4.68 Å². The van der Waals surface area contributed by atoms with Gasteiger partial charge in [0.15, 0.2) is 5.65 Å². The fourth-order valence-corrected chi connectivity index (χ4v) is 1.98. The predicted molar refractivity (Wildman–Crippen MR) is 68.0 cm³/mol. The first-order valence-corrected chi connectivity index (χ1v) is 6.18. The van der Waals surface area contributed by atoms with Crippen molar-refractivity contribution < 1.29 is 0 Å². The van der Waals surface area contributed by atoms with Crippen LogP contribution < -0.4 is 4.90 Å². The summed E-state index contributed by atoms with van der Waals surface area (Å²) in [5.74, 6) is 0.921. The van der Waals surface area contributed by atoms with E-state index >= 15 is 0 Å². The van der Waals surface area contributed by atoms with Crippen LogP contribution in [-0.4, -0.2) is 38.2 Å². The van der Waals surface area contributed by atoms with Crippen molar-refractivity contribution in [3.05, 3.63) is 12.5 Å². The summed E-state index contributed by atoms with van der Waals surface area (Å²) in [7, 11) is 3.91. The summed E-state index contributed by atoms with van der Waals surface area (Å²) in [5.41, 5.74) is 0.860. The summed E-state index contributed by atoms with van der Waals surface area (Å²) in [6.07, 6.45) is 3.39. The lowest BCUT2D eigenvalue weighted by atomic mass is 10.3. The van der Waals surface area contributed by atoms with Crippen molar-refractivity contribution in [2.75, 3.05) is 17.3 Å². The van der Waals surface area contributed by atoms with Crippen molar-refractivity contribution in [3.63, 3.8) is 0 Å². The highest BCUT2D eigenvalue weighted by Crippen LogP contribution is 2.22. The van der Waals surface area contributed by atoms with Gasteiger partial charge in [0, 0.05) is 25.5 Å². The van der Waals surface area contributed by atoms with E-state index in [4.69, 9.17) is 0 Å². The molecule has 0 aromatic carbocycles. The second kappa shape index (κ2) is 4.37. The molecule has 2 aromatic heterocycles. The van der Waals surface area contributed by atoms with Gasteiger partial charge in [-0.05, 0) is 6.92 Å². The first-order valence-electron chi connectivity index (χ1n) is 5.06. The Labute approximate surface area is 103 Å². The highest BCUT2D eigenvalue weighted by atomic mass is 79.9. The second-order valence-corrected chi connectivity index (χ2v) is 4.46. The van der Waals surface area contributed by atoms with Crippen LogP contribution in [0.25, 0.3) is 11.0 Å². The molecule has 2 heterocycles. The smallest absolute Gasteiger partial charge is 0.163 e. The molecule has 0 saturated carbocycles. The monoisotopic (exact) mass is 283 g/mol. The van der Waals surface area contributed by atoms with Gasteiger partial charge < -0.3 is 4.90 Å². The lowest BCUT2D eigenvalue weighted by Crippen LogP contribution is -2.30. The number of fused-ring (bicyclic) bond motifs is 1. The summed E-state index contributed by atoms with van der Waals surface area (Å²) in [5, 5.41) is 6.08. The van der Waals surface area contributed by atoms with Crippen LogP contribution in [0.4, 0.5) is 5.82 Å². The topological polar surface area (TPSA) is 46.8 Å². The normalized spacial score (nSPS) is 13.0. The van der Waals surface area contributed by atoms with Gasteiger partial charge in [-0.15, -0.1) is 0 Å². The minimum absolute atomic E-state index is 0.373. The molecule has 0 aliphatic carbocycles. The van der Waals surface area contributed by atoms with E-state index in [0.717, 1.165) is 22.2 Å². The molecule has 16 heavy (non-hydrogen) atoms. The predicted octanol–water partition coefficient (Wildman–Crippen LogP) is 1.58. The van der Waals surface area contributed by atoms with Gasteiger partial charge in [-0.1, -0.05) is 15.9 Å². The van der Waals surface area contributed by atoms with Crippen LogP contribution in [0, 0.1) is 0 Å². The van der Waals surface area contributed by atoms with Gasteiger partial charge in [0.1, 0.15) is 12.1 Å². The van der Waals surface area contributed by atoms with Gasteiger partial charge in [0.25, 0.3) is 0 Å². The number of aryl methyl sites for hydroxylation is 1. The Balaban J connectivity index is 2.52. The van der Waals surface area contributed by atoms with Crippen LogP contribution in [0.5, 0.6) is 0 Å². The highest BCUT2D eigenvalue weighted by Gasteiger charge is 2.15. The first kappa shape index (κ1) is 11.3. The Morgan fingerprint density at radius 3 is 2.94 bits per heavy atom. The lowest BCUT2D eigenvalue weighted by molar-refractivity contribution is 0.758. The molecule has 0 fully saturated rings. The molecule has 1 atom stereocenters. The van der Waals surface area contributed by atoms with E-state index < -0.39 is 0 Å². The number of nitrogens with zero attached hydrogens (tertiary/aromatic N) is 5. The van der Waals surface area contributed by atoms with E-state index in [9.17, 15) is 0 Å². The van der Waals surface area contributed by atoms with Crippen LogP contribution in [0.15, 0.2) is 12.5 Å². The molecule has 0 spiro atoms. The molecule has 1 unspecified atom stereocenters. The Kier molecular flexibility index (Phi) is 3.09. The molecule has 0 N–H and O–H groups in total. The van der Waals surface area contributed by atoms with Crippen molar-refractivity contribution in [3.8, 4) is 0 Å². The lowest BCUT2D eigenvalue weighted by Gasteiger charge is -2.24. The van der Waals surface area contributed by atoms with Crippen molar-refractivity contribution >= 4 is 32.8 Å². The SMILES string of the molecule is CC(CBr)N(C)c1ncnc2c1cnn2C. The molecule has 0 aliphatic heterocycles. The van der Waals surface area contributed by atoms with Gasteiger partial charge in [-0.2, -0.15) is 5.10 Å². The molecule has 2 aromatic rings. The Morgan fingerprint density at radius 2 is 2.25 bits per heavy atom. The van der Waals surface area contributed by atoms with E-state index in [2.05, 4.69) is 42.8 Å². The number of hydrogen-bond acceptors (Lipinski definition) is 4. The minimum atomic E-state index is 0.373. The zero-order chi connectivity index (χ0) is 11.7. The van der Waals surface area contributed by atoms with Gasteiger partial charge in [0.05, 0.1) is 11.6 Å². The molecule has 0 bridgehead atoms. The third kappa shape index (κ3) is 1.77. The van der Waals surface area contributed by atoms with Crippen LogP contribution in [0.2, 0.25) is 0 Å². The number of alkyl halides is 1. The van der Waals surface area contributed by atoms with Crippen LogP contribution in [-0.2, 0) is 7.05 Å². The van der Waals surface area contributed by atoms with Gasteiger partial charge >= 0.3 is 0 Å². The highest BCUT2D eigenvalue weighted by molar-refractivity contribution is 9.09. The molecule has 6 heteroatoms. The first-order chi connectivity index (χ1) is 7.65. The fraction of sp³-hybridized carbons (Fsp3) is 0.500. The third-order valence-electron chi connectivity index (χ3n) is 2.73. The number of hydrogen-bond donors (Lipinski definition) is 0. The van der Waals surface area contributed by atoms with E-state index in [1.54, 1.807) is 11.0 Å². The quantitative estimate of drug-likeness (QED) is 0.803. The molecular formula is C10H14BrN5. The van der Waals surface area contributed by atoms with Crippen LogP contribution >= 0.6 is 15.9 Å². The summed E-state index contributed by atoms with van der Waals surface area (Å²) in [6.45, 7) is 2.14. The van der Waals surface area contributed by atoms with Gasteiger partial charge in [0.2, 0.25) is 0 Å². The van der Waals surface area contributed by atoms with Gasteiger partial charge in [-0.25, -0.2) is 9.97 Å². The molecule has 2 rings (SSSR count). The molecule has 86 valence electrons. The zero-order valence-electron chi connectivity index (χ0n) is 9.55. The largest absolute Gasteiger partial charge is 0.355 e. The van der Waals surface area contributed by atoms with E-state index in [0.29, 0.717) is 6.04 Å². The average Bonchev–Trinajstić information content (AvgIpc) is 2.69. The molecular weight excluding hydrogens is 270 g/mol. The van der Waals surface area contributed by atoms with Crippen molar-refractivity contribution in [1.29, 1.82) is 0 Å². The Hall–Kier alpha value is -1.17. The van der Waals surface area contributed by atoms with E-state index in [1.807, 2.05) is 20.3 Å². The molecule has 0 aliphatic rings. The van der Waals surface area contributed by atoms with Crippen molar-refractivity contribution in [2.45, 2.75) is 13.0 Å². The zero-order valence-corrected chi connectivity index (χ0v) is 11.1. The molecule has 0 radical (unpaired) electrons. The number of aromatic nitrogens is 4. The molecule has 0 saturated heterocycles. The number of halogens is 1. The Morgan fingerprint density at radius 1 is 1.50 bits per heavy atom. The third-order valence-corrected chi connectivity index (χ3v) is 3.66. The summed E-state index contributed by atoms with van der Waals surface area (Å²) in [4.78, 5) is 10.7. The average molecular weight is 284 g/mol. The summed E-state index contributed by atoms with van der Waals surface area (Å²) >= 11 is 3.48.